The van der Waals surface area contributed by atoms with E-state index in [9.17, 15) is 9.59 Å². The van der Waals surface area contributed by atoms with Gasteiger partial charge in [-0.15, -0.1) is 0 Å². The van der Waals surface area contributed by atoms with Crippen molar-refractivity contribution in [3.63, 3.8) is 0 Å². The number of aromatic nitrogens is 2. The van der Waals surface area contributed by atoms with Crippen LogP contribution in [0, 0.1) is 6.92 Å². The molecule has 0 saturated heterocycles. The number of benzene rings is 2. The van der Waals surface area contributed by atoms with Crippen molar-refractivity contribution in [1.29, 1.82) is 0 Å². The molecule has 0 aliphatic rings. The van der Waals surface area contributed by atoms with Crippen molar-refractivity contribution < 1.29 is 4.79 Å². The van der Waals surface area contributed by atoms with Gasteiger partial charge in [-0.25, -0.2) is 4.79 Å². The van der Waals surface area contributed by atoms with E-state index >= 15 is 0 Å². The molecule has 3 rings (SSSR count). The number of anilines is 1. The zero-order valence-electron chi connectivity index (χ0n) is 11.9. The lowest BCUT2D eigenvalue weighted by molar-refractivity contribution is -0.115. The highest BCUT2D eigenvalue weighted by Gasteiger charge is 2.07. The first-order valence-electron chi connectivity index (χ1n) is 6.78. The number of fused-ring (bicyclic) bond motifs is 1. The lowest BCUT2D eigenvalue weighted by Gasteiger charge is -2.07. The number of hydrogen-bond donors (Lipinski definition) is 3. The zero-order chi connectivity index (χ0) is 15.7. The van der Waals surface area contributed by atoms with Gasteiger partial charge in [0.2, 0.25) is 5.91 Å². The minimum atomic E-state index is -0.258. The van der Waals surface area contributed by atoms with Crippen LogP contribution < -0.4 is 11.0 Å². The van der Waals surface area contributed by atoms with Crippen LogP contribution in [0.2, 0.25) is 5.02 Å². The Morgan fingerprint density at radius 3 is 2.68 bits per heavy atom. The Labute approximate surface area is 131 Å². The van der Waals surface area contributed by atoms with Crippen LogP contribution in [0.25, 0.3) is 11.0 Å². The molecule has 0 aliphatic carbocycles. The third-order valence-corrected chi connectivity index (χ3v) is 3.81. The van der Waals surface area contributed by atoms with Crippen molar-refractivity contribution in [2.45, 2.75) is 13.3 Å². The fourth-order valence-electron chi connectivity index (χ4n) is 2.25. The third-order valence-electron chi connectivity index (χ3n) is 3.40. The number of imidazole rings is 1. The summed E-state index contributed by atoms with van der Waals surface area (Å²) in [6.45, 7) is 1.90. The average Bonchev–Trinajstić information content (AvgIpc) is 2.82. The molecule has 22 heavy (non-hydrogen) atoms. The smallest absolute Gasteiger partial charge is 0.323 e. The minimum Gasteiger partial charge on any atom is -0.326 e. The van der Waals surface area contributed by atoms with E-state index in [1.54, 1.807) is 18.2 Å². The molecule has 0 aliphatic heterocycles. The van der Waals surface area contributed by atoms with Gasteiger partial charge in [0, 0.05) is 10.7 Å². The number of aromatic amines is 2. The van der Waals surface area contributed by atoms with Crippen LogP contribution in [0.5, 0.6) is 0 Å². The Morgan fingerprint density at radius 1 is 1.14 bits per heavy atom. The van der Waals surface area contributed by atoms with Crippen molar-refractivity contribution in [2.24, 2.45) is 0 Å². The van der Waals surface area contributed by atoms with E-state index in [0.717, 1.165) is 16.6 Å². The molecule has 0 radical (unpaired) electrons. The van der Waals surface area contributed by atoms with Gasteiger partial charge in [0.1, 0.15) is 0 Å². The fourth-order valence-corrected chi connectivity index (χ4v) is 2.43. The number of carbonyl (C=O) groups excluding carboxylic acids is 1. The summed E-state index contributed by atoms with van der Waals surface area (Å²) in [5.41, 5.74) is 3.59. The number of aryl methyl sites for hydroxylation is 1. The molecular formula is C16H14ClN3O2. The molecular weight excluding hydrogens is 302 g/mol. The van der Waals surface area contributed by atoms with Gasteiger partial charge in [0.15, 0.2) is 0 Å². The van der Waals surface area contributed by atoms with Crippen LogP contribution in [0.15, 0.2) is 41.2 Å². The van der Waals surface area contributed by atoms with E-state index in [1.165, 1.54) is 0 Å². The van der Waals surface area contributed by atoms with Gasteiger partial charge in [0.25, 0.3) is 0 Å². The maximum absolute atomic E-state index is 12.1. The summed E-state index contributed by atoms with van der Waals surface area (Å²) in [6, 6.07) is 10.8. The van der Waals surface area contributed by atoms with Crippen LogP contribution in [-0.2, 0) is 11.2 Å². The standard InChI is InChI=1S/C16H14ClN3O2/c1-9-2-4-11(8-12(9)17)18-15(21)7-10-3-5-13-14(6-10)20-16(22)19-13/h2-6,8H,7H2,1H3,(H,18,21)(H2,19,20,22). The minimum absolute atomic E-state index is 0.142. The van der Waals surface area contributed by atoms with Crippen LogP contribution in [0.1, 0.15) is 11.1 Å². The molecule has 2 aromatic carbocycles. The molecule has 5 nitrogen and oxygen atoms in total. The van der Waals surface area contributed by atoms with Gasteiger partial charge >= 0.3 is 5.69 Å². The van der Waals surface area contributed by atoms with Crippen LogP contribution in [0.4, 0.5) is 5.69 Å². The third kappa shape index (κ3) is 3.04. The zero-order valence-corrected chi connectivity index (χ0v) is 12.6. The fraction of sp³-hybridized carbons (Fsp3) is 0.125. The van der Waals surface area contributed by atoms with Gasteiger partial charge in [-0.1, -0.05) is 23.7 Å². The Bertz CT molecular complexity index is 911. The molecule has 3 N–H and O–H groups in total. The highest BCUT2D eigenvalue weighted by atomic mass is 35.5. The topological polar surface area (TPSA) is 77.8 Å². The maximum Gasteiger partial charge on any atom is 0.323 e. The summed E-state index contributed by atoms with van der Waals surface area (Å²) >= 11 is 6.04. The maximum atomic E-state index is 12.1. The second kappa shape index (κ2) is 5.69. The second-order valence-corrected chi connectivity index (χ2v) is 5.56. The van der Waals surface area contributed by atoms with Gasteiger partial charge in [-0.2, -0.15) is 0 Å². The van der Waals surface area contributed by atoms with Crippen molar-refractivity contribution in [1.82, 2.24) is 9.97 Å². The first kappa shape index (κ1) is 14.4. The largest absolute Gasteiger partial charge is 0.326 e. The highest BCUT2D eigenvalue weighted by molar-refractivity contribution is 6.31. The molecule has 0 fully saturated rings. The molecule has 112 valence electrons. The normalized spacial score (nSPS) is 10.8. The average molecular weight is 316 g/mol. The SMILES string of the molecule is Cc1ccc(NC(=O)Cc2ccc3[nH]c(=O)[nH]c3c2)cc1Cl. The number of amides is 1. The van der Waals surface area contributed by atoms with Gasteiger partial charge in [-0.3, -0.25) is 4.79 Å². The molecule has 1 heterocycles. The Balaban J connectivity index is 1.74. The lowest BCUT2D eigenvalue weighted by Crippen LogP contribution is -2.14. The monoisotopic (exact) mass is 315 g/mol. The number of hydrogen-bond acceptors (Lipinski definition) is 2. The molecule has 6 heteroatoms. The summed E-state index contributed by atoms with van der Waals surface area (Å²) in [4.78, 5) is 28.6. The van der Waals surface area contributed by atoms with Gasteiger partial charge in [0.05, 0.1) is 17.5 Å². The van der Waals surface area contributed by atoms with Crippen molar-refractivity contribution in [3.8, 4) is 0 Å². The summed E-state index contributed by atoms with van der Waals surface area (Å²) in [6.07, 6.45) is 0.217. The first-order chi connectivity index (χ1) is 10.5. The molecule has 1 aromatic heterocycles. The number of rotatable bonds is 3. The van der Waals surface area contributed by atoms with Gasteiger partial charge in [-0.05, 0) is 42.3 Å². The van der Waals surface area contributed by atoms with Crippen LogP contribution in [0.3, 0.4) is 0 Å². The summed E-state index contributed by atoms with van der Waals surface area (Å²) < 4.78 is 0. The summed E-state index contributed by atoms with van der Waals surface area (Å²) in [7, 11) is 0. The quantitative estimate of drug-likeness (QED) is 0.695. The predicted molar refractivity (Wildman–Crippen MR) is 87.4 cm³/mol. The molecule has 0 atom stereocenters. The van der Waals surface area contributed by atoms with Crippen molar-refractivity contribution in [2.75, 3.05) is 5.32 Å². The summed E-state index contributed by atoms with van der Waals surface area (Å²) in [5, 5.41) is 3.42. The Morgan fingerprint density at radius 2 is 1.91 bits per heavy atom. The number of nitrogens with one attached hydrogen (secondary N) is 3. The first-order valence-corrected chi connectivity index (χ1v) is 7.16. The molecule has 0 spiro atoms. The second-order valence-electron chi connectivity index (χ2n) is 5.15. The van der Waals surface area contributed by atoms with Crippen LogP contribution in [-0.4, -0.2) is 15.9 Å². The van der Waals surface area contributed by atoms with Crippen LogP contribution >= 0.6 is 11.6 Å². The van der Waals surface area contributed by atoms with E-state index in [0.29, 0.717) is 16.2 Å². The van der Waals surface area contributed by atoms with E-state index in [2.05, 4.69) is 15.3 Å². The van der Waals surface area contributed by atoms with E-state index in [-0.39, 0.29) is 18.0 Å². The number of halogens is 1. The summed E-state index contributed by atoms with van der Waals surface area (Å²) in [5.74, 6) is -0.142. The Kier molecular flexibility index (Phi) is 3.73. The van der Waals surface area contributed by atoms with Crippen molar-refractivity contribution in [3.05, 3.63) is 63.0 Å². The van der Waals surface area contributed by atoms with Crippen molar-refractivity contribution >= 4 is 34.2 Å². The Hall–Kier alpha value is -2.53. The number of H-pyrrole nitrogens is 2. The molecule has 1 amide bonds. The molecule has 0 bridgehead atoms. The molecule has 0 unspecified atom stereocenters. The predicted octanol–water partition coefficient (Wildman–Crippen LogP) is 3.00. The van der Waals surface area contributed by atoms with E-state index in [4.69, 9.17) is 11.6 Å². The van der Waals surface area contributed by atoms with E-state index in [1.807, 2.05) is 25.1 Å². The van der Waals surface area contributed by atoms with E-state index < -0.39 is 0 Å². The molecule has 0 saturated carbocycles. The number of carbonyl (C=O) groups is 1. The lowest BCUT2D eigenvalue weighted by atomic mass is 10.1. The van der Waals surface area contributed by atoms with Gasteiger partial charge < -0.3 is 15.3 Å². The highest BCUT2D eigenvalue weighted by Crippen LogP contribution is 2.20. The molecule has 3 aromatic rings.